The Morgan fingerprint density at radius 2 is 2.00 bits per heavy atom. The van der Waals surface area contributed by atoms with E-state index < -0.39 is 29.6 Å². The maximum Gasteiger partial charge on any atom is 0.326 e. The molecule has 0 aromatic carbocycles. The van der Waals surface area contributed by atoms with Crippen LogP contribution in [0.1, 0.15) is 39.0 Å². The largest absolute Gasteiger partial charge is 0.481 e. The first kappa shape index (κ1) is 17.4. The summed E-state index contributed by atoms with van der Waals surface area (Å²) in [4.78, 5) is 35.6. The molecule has 0 aromatic heterocycles. The number of rotatable bonds is 7. The number of carbonyl (C=O) groups is 3. The third-order valence-electron chi connectivity index (χ3n) is 3.80. The maximum absolute atomic E-state index is 12.2. The first-order chi connectivity index (χ1) is 9.81. The predicted octanol–water partition coefficient (Wildman–Crippen LogP) is -0.419. The highest BCUT2D eigenvalue weighted by atomic mass is 16.4. The van der Waals surface area contributed by atoms with Gasteiger partial charge in [0.15, 0.2) is 0 Å². The molecule has 1 heterocycles. The van der Waals surface area contributed by atoms with Gasteiger partial charge in [0.05, 0.1) is 12.2 Å². The molecule has 1 aliphatic rings. The van der Waals surface area contributed by atoms with Crippen LogP contribution in [0.5, 0.6) is 0 Å². The van der Waals surface area contributed by atoms with Crippen LogP contribution in [-0.2, 0) is 14.4 Å². The second-order valence-electron chi connectivity index (χ2n) is 5.41. The Morgan fingerprint density at radius 3 is 2.43 bits per heavy atom. The van der Waals surface area contributed by atoms with Crippen LogP contribution in [-0.4, -0.2) is 57.8 Å². The number of carbonyl (C=O) groups excluding carboxylic acids is 1. The van der Waals surface area contributed by atoms with Gasteiger partial charge in [0.2, 0.25) is 5.91 Å². The molecular formula is C13H23N3O5. The molecule has 1 aliphatic heterocycles. The number of carboxylic acid groups (broad SMARTS) is 2. The lowest BCUT2D eigenvalue weighted by Crippen LogP contribution is -2.66. The summed E-state index contributed by atoms with van der Waals surface area (Å²) < 4.78 is 0. The minimum absolute atomic E-state index is 0.145. The van der Waals surface area contributed by atoms with E-state index in [9.17, 15) is 19.5 Å². The van der Waals surface area contributed by atoms with Crippen molar-refractivity contribution < 1.29 is 24.6 Å². The van der Waals surface area contributed by atoms with Gasteiger partial charge in [-0.15, -0.1) is 0 Å². The molecule has 5 N–H and O–H groups in total. The fourth-order valence-electron chi connectivity index (χ4n) is 2.76. The van der Waals surface area contributed by atoms with Gasteiger partial charge in [0.1, 0.15) is 6.04 Å². The molecule has 0 saturated carbocycles. The van der Waals surface area contributed by atoms with Crippen molar-refractivity contribution in [1.82, 2.24) is 10.2 Å². The molecule has 1 saturated heterocycles. The molecule has 1 rings (SSSR count). The van der Waals surface area contributed by atoms with Crippen LogP contribution in [0.2, 0.25) is 0 Å². The minimum atomic E-state index is -1.22. The Balaban J connectivity index is 3.04. The Bertz CT molecular complexity index is 407. The van der Waals surface area contributed by atoms with E-state index in [0.29, 0.717) is 13.0 Å². The summed E-state index contributed by atoms with van der Waals surface area (Å²) in [6.45, 7) is 2.13. The standard InChI is InChI=1S/C13H23N3O5/c1-13(6-2-3-7-15-13)16(10(17)8-14)9(12(20)21)4-5-11(18)19/h9,15H,2-8,14H2,1H3,(H,18,19)(H,20,21)/t9-,13?/m0/s1. The van der Waals surface area contributed by atoms with Crippen molar-refractivity contribution in [2.45, 2.75) is 50.7 Å². The van der Waals surface area contributed by atoms with E-state index in [-0.39, 0.29) is 19.4 Å². The number of carboxylic acids is 2. The van der Waals surface area contributed by atoms with Gasteiger partial charge in [0.25, 0.3) is 0 Å². The Hall–Kier alpha value is -1.67. The summed E-state index contributed by atoms with van der Waals surface area (Å²) in [7, 11) is 0. The third-order valence-corrected chi connectivity index (χ3v) is 3.80. The second kappa shape index (κ2) is 7.37. The van der Waals surface area contributed by atoms with Gasteiger partial charge in [-0.2, -0.15) is 0 Å². The van der Waals surface area contributed by atoms with Crippen molar-refractivity contribution in [3.8, 4) is 0 Å². The average molecular weight is 301 g/mol. The second-order valence-corrected chi connectivity index (χ2v) is 5.41. The highest BCUT2D eigenvalue weighted by molar-refractivity contribution is 5.85. The van der Waals surface area contributed by atoms with Gasteiger partial charge in [-0.3, -0.25) is 14.9 Å². The zero-order valence-electron chi connectivity index (χ0n) is 12.2. The van der Waals surface area contributed by atoms with E-state index in [0.717, 1.165) is 12.8 Å². The summed E-state index contributed by atoms with van der Waals surface area (Å²) in [6, 6.07) is -1.20. The highest BCUT2D eigenvalue weighted by Crippen LogP contribution is 2.27. The first-order valence-electron chi connectivity index (χ1n) is 7.03. The van der Waals surface area contributed by atoms with Gasteiger partial charge >= 0.3 is 11.9 Å². The number of nitrogens with two attached hydrogens (primary N) is 1. The molecule has 0 bridgehead atoms. The molecule has 8 nitrogen and oxygen atoms in total. The van der Waals surface area contributed by atoms with Crippen molar-refractivity contribution in [1.29, 1.82) is 0 Å². The molecule has 1 unspecified atom stereocenters. The Labute approximate surface area is 123 Å². The molecule has 8 heteroatoms. The number of hydrogen-bond donors (Lipinski definition) is 4. The summed E-state index contributed by atoms with van der Waals surface area (Å²) >= 11 is 0. The average Bonchev–Trinajstić information content (AvgIpc) is 2.42. The lowest BCUT2D eigenvalue weighted by Gasteiger charge is -2.47. The van der Waals surface area contributed by atoms with E-state index in [4.69, 9.17) is 10.8 Å². The molecule has 0 radical (unpaired) electrons. The van der Waals surface area contributed by atoms with Gasteiger partial charge in [0, 0.05) is 6.42 Å². The zero-order chi connectivity index (χ0) is 16.0. The van der Waals surface area contributed by atoms with E-state index in [1.807, 2.05) is 0 Å². The van der Waals surface area contributed by atoms with Gasteiger partial charge in [-0.1, -0.05) is 0 Å². The van der Waals surface area contributed by atoms with Crippen LogP contribution >= 0.6 is 0 Å². The van der Waals surface area contributed by atoms with Crippen LogP contribution in [0.4, 0.5) is 0 Å². The molecule has 1 fully saturated rings. The predicted molar refractivity (Wildman–Crippen MR) is 74.5 cm³/mol. The van der Waals surface area contributed by atoms with E-state index in [1.165, 1.54) is 4.90 Å². The SMILES string of the molecule is CC1(N(C(=O)CN)[C@@H](CCC(=O)O)C(=O)O)CCCCN1. The lowest BCUT2D eigenvalue weighted by atomic mass is 9.94. The van der Waals surface area contributed by atoms with Gasteiger partial charge < -0.3 is 20.8 Å². The third kappa shape index (κ3) is 4.40. The van der Waals surface area contributed by atoms with Crippen molar-refractivity contribution in [2.24, 2.45) is 5.73 Å². The Kier molecular flexibility index (Phi) is 6.10. The lowest BCUT2D eigenvalue weighted by molar-refractivity contribution is -0.159. The zero-order valence-corrected chi connectivity index (χ0v) is 12.2. The van der Waals surface area contributed by atoms with Crippen LogP contribution < -0.4 is 11.1 Å². The van der Waals surface area contributed by atoms with E-state index in [2.05, 4.69) is 5.32 Å². The molecule has 1 amide bonds. The van der Waals surface area contributed by atoms with Crippen LogP contribution in [0.3, 0.4) is 0 Å². The van der Waals surface area contributed by atoms with Crippen LogP contribution in [0.25, 0.3) is 0 Å². The quantitative estimate of drug-likeness (QED) is 0.502. The number of nitrogens with zero attached hydrogens (tertiary/aromatic N) is 1. The fourth-order valence-corrected chi connectivity index (χ4v) is 2.76. The number of amides is 1. The van der Waals surface area contributed by atoms with Crippen molar-refractivity contribution >= 4 is 17.8 Å². The van der Waals surface area contributed by atoms with Crippen molar-refractivity contribution in [2.75, 3.05) is 13.1 Å². The minimum Gasteiger partial charge on any atom is -0.481 e. The summed E-state index contributed by atoms with van der Waals surface area (Å²) in [5, 5.41) is 21.3. The molecule has 0 aliphatic carbocycles. The van der Waals surface area contributed by atoms with Crippen LogP contribution in [0, 0.1) is 0 Å². The summed E-state index contributed by atoms with van der Waals surface area (Å²) in [6.07, 6.45) is 1.96. The smallest absolute Gasteiger partial charge is 0.326 e. The van der Waals surface area contributed by atoms with Gasteiger partial charge in [-0.05, 0) is 39.2 Å². The maximum atomic E-state index is 12.2. The number of nitrogens with one attached hydrogen (secondary N) is 1. The highest BCUT2D eigenvalue weighted by Gasteiger charge is 2.42. The molecule has 0 aromatic rings. The van der Waals surface area contributed by atoms with E-state index >= 15 is 0 Å². The summed E-state index contributed by atoms with van der Waals surface area (Å²) in [5.41, 5.74) is 4.59. The molecule has 120 valence electrons. The molecular weight excluding hydrogens is 278 g/mol. The molecule has 0 spiro atoms. The number of piperidine rings is 1. The normalized spacial score (nSPS) is 23.3. The van der Waals surface area contributed by atoms with Crippen molar-refractivity contribution in [3.05, 3.63) is 0 Å². The molecule has 2 atom stereocenters. The summed E-state index contributed by atoms with van der Waals surface area (Å²) in [5.74, 6) is -2.81. The Morgan fingerprint density at radius 1 is 1.33 bits per heavy atom. The molecule has 21 heavy (non-hydrogen) atoms. The fraction of sp³-hybridized carbons (Fsp3) is 0.769. The van der Waals surface area contributed by atoms with Crippen LogP contribution in [0.15, 0.2) is 0 Å². The topological polar surface area (TPSA) is 133 Å². The van der Waals surface area contributed by atoms with E-state index in [1.54, 1.807) is 6.92 Å². The number of hydrogen-bond acceptors (Lipinski definition) is 5. The number of aliphatic carboxylic acids is 2. The first-order valence-corrected chi connectivity index (χ1v) is 7.03. The monoisotopic (exact) mass is 301 g/mol. The van der Waals surface area contributed by atoms with Crippen molar-refractivity contribution in [3.63, 3.8) is 0 Å². The van der Waals surface area contributed by atoms with Gasteiger partial charge in [-0.25, -0.2) is 4.79 Å².